The largest absolute Gasteiger partial charge is 0.350 e. The molecule has 3 aromatic carbocycles. The number of hydrogen-bond donors (Lipinski definition) is 3. The third-order valence-corrected chi connectivity index (χ3v) is 6.92. The van der Waals surface area contributed by atoms with Crippen molar-refractivity contribution in [2.45, 2.75) is 50.7 Å². The summed E-state index contributed by atoms with van der Waals surface area (Å²) in [6.45, 7) is 2.59. The predicted molar refractivity (Wildman–Crippen MR) is 143 cm³/mol. The molecule has 3 atom stereocenters. The minimum Gasteiger partial charge on any atom is -0.350 e. The van der Waals surface area contributed by atoms with E-state index in [-0.39, 0.29) is 17.7 Å². The minimum atomic E-state index is -0.660. The molecule has 0 spiro atoms. The van der Waals surface area contributed by atoms with Gasteiger partial charge in [0.05, 0.1) is 6.04 Å². The van der Waals surface area contributed by atoms with Crippen LogP contribution in [0.15, 0.2) is 84.9 Å². The van der Waals surface area contributed by atoms with Gasteiger partial charge in [-0.15, -0.1) is 0 Å². The van der Waals surface area contributed by atoms with Crippen LogP contribution < -0.4 is 11.1 Å². The van der Waals surface area contributed by atoms with Crippen molar-refractivity contribution in [1.82, 2.24) is 10.2 Å². The third kappa shape index (κ3) is 6.26. The summed E-state index contributed by atoms with van der Waals surface area (Å²) in [5.41, 5.74) is 10.9. The number of benzene rings is 3. The first kappa shape index (κ1) is 25.3. The lowest BCUT2D eigenvalue weighted by Gasteiger charge is -2.27. The smallest absolute Gasteiger partial charge is 0.243 e. The van der Waals surface area contributed by atoms with E-state index in [0.717, 1.165) is 22.3 Å². The molecule has 6 nitrogen and oxygen atoms in total. The Morgan fingerprint density at radius 2 is 1.61 bits per heavy atom. The van der Waals surface area contributed by atoms with Crippen LogP contribution in [-0.4, -0.2) is 41.1 Å². The van der Waals surface area contributed by atoms with Gasteiger partial charge in [0.1, 0.15) is 6.04 Å². The van der Waals surface area contributed by atoms with E-state index in [1.807, 2.05) is 72.8 Å². The Kier molecular flexibility index (Phi) is 8.28. The highest BCUT2D eigenvalue weighted by atomic mass is 16.2. The van der Waals surface area contributed by atoms with Crippen molar-refractivity contribution >= 4 is 17.5 Å². The molecule has 4 rings (SSSR count). The average Bonchev–Trinajstić information content (AvgIpc) is 3.37. The van der Waals surface area contributed by atoms with E-state index in [1.165, 1.54) is 0 Å². The van der Waals surface area contributed by atoms with Crippen LogP contribution in [0.3, 0.4) is 0 Å². The molecule has 0 aliphatic carbocycles. The van der Waals surface area contributed by atoms with Gasteiger partial charge in [-0.3, -0.25) is 9.59 Å². The van der Waals surface area contributed by atoms with Gasteiger partial charge in [0.15, 0.2) is 0 Å². The quantitative estimate of drug-likeness (QED) is 0.402. The van der Waals surface area contributed by atoms with Gasteiger partial charge in [-0.25, -0.2) is 0 Å². The standard InChI is InChI=1S/C30H34N4O2/c1-21(31)24-15-12-23(13-16-24)19-33-29(35)28-18-26(25-10-6-3-7-11-25)20-34(28)30(36)27(32)17-14-22-8-4-2-5-9-22/h2-13,15-16,26-28,31H,14,17-20,32H2,1H3,(H,33,35)/t26-,27+,28-/m0/s1. The Morgan fingerprint density at radius 1 is 0.972 bits per heavy atom. The van der Waals surface area contributed by atoms with E-state index in [0.29, 0.717) is 38.1 Å². The third-order valence-electron chi connectivity index (χ3n) is 6.92. The molecule has 1 aliphatic heterocycles. The van der Waals surface area contributed by atoms with Gasteiger partial charge >= 0.3 is 0 Å². The van der Waals surface area contributed by atoms with Gasteiger partial charge in [0.2, 0.25) is 11.8 Å². The summed E-state index contributed by atoms with van der Waals surface area (Å²) >= 11 is 0. The number of hydrogen-bond acceptors (Lipinski definition) is 4. The molecule has 2 amide bonds. The number of nitrogens with two attached hydrogens (primary N) is 1. The molecule has 0 unspecified atom stereocenters. The highest BCUT2D eigenvalue weighted by Crippen LogP contribution is 2.32. The Bertz CT molecular complexity index is 1180. The number of aryl methyl sites for hydroxylation is 1. The maximum Gasteiger partial charge on any atom is 0.243 e. The van der Waals surface area contributed by atoms with Crippen LogP contribution in [0.25, 0.3) is 0 Å². The number of nitrogens with one attached hydrogen (secondary N) is 2. The lowest BCUT2D eigenvalue weighted by Crippen LogP contribution is -2.51. The Hall–Kier alpha value is -3.77. The van der Waals surface area contributed by atoms with E-state index in [9.17, 15) is 9.59 Å². The second kappa shape index (κ2) is 11.8. The molecule has 186 valence electrons. The summed E-state index contributed by atoms with van der Waals surface area (Å²) in [4.78, 5) is 28.4. The molecule has 3 aromatic rings. The van der Waals surface area contributed by atoms with Crippen molar-refractivity contribution < 1.29 is 9.59 Å². The van der Waals surface area contributed by atoms with Crippen LogP contribution >= 0.6 is 0 Å². The van der Waals surface area contributed by atoms with Crippen molar-refractivity contribution in [2.75, 3.05) is 6.54 Å². The molecule has 0 saturated carbocycles. The number of likely N-dealkylation sites (tertiary alicyclic amines) is 1. The molecule has 0 bridgehead atoms. The average molecular weight is 483 g/mol. The first-order chi connectivity index (χ1) is 17.4. The zero-order valence-corrected chi connectivity index (χ0v) is 20.7. The SMILES string of the molecule is CC(=N)c1ccc(CNC(=O)[C@@H]2C[C@H](c3ccccc3)CN2C(=O)[C@H](N)CCc2ccccc2)cc1. The lowest BCUT2D eigenvalue weighted by atomic mass is 9.96. The van der Waals surface area contributed by atoms with Crippen LogP contribution in [0.4, 0.5) is 0 Å². The van der Waals surface area contributed by atoms with Crippen LogP contribution in [0.5, 0.6) is 0 Å². The molecule has 1 saturated heterocycles. The van der Waals surface area contributed by atoms with Gasteiger partial charge in [-0.2, -0.15) is 0 Å². The van der Waals surface area contributed by atoms with Crippen LogP contribution in [0.1, 0.15) is 47.9 Å². The van der Waals surface area contributed by atoms with Crippen molar-refractivity contribution in [3.8, 4) is 0 Å². The van der Waals surface area contributed by atoms with Crippen molar-refractivity contribution in [1.29, 1.82) is 5.41 Å². The van der Waals surface area contributed by atoms with Gasteiger partial charge in [-0.05, 0) is 48.4 Å². The first-order valence-electron chi connectivity index (χ1n) is 12.5. The monoisotopic (exact) mass is 482 g/mol. The van der Waals surface area contributed by atoms with E-state index in [2.05, 4.69) is 17.4 Å². The Morgan fingerprint density at radius 3 is 2.25 bits per heavy atom. The second-order valence-electron chi connectivity index (χ2n) is 9.52. The van der Waals surface area contributed by atoms with E-state index in [4.69, 9.17) is 11.1 Å². The number of carbonyl (C=O) groups is 2. The van der Waals surface area contributed by atoms with Gasteiger partial charge in [0, 0.05) is 24.7 Å². The number of carbonyl (C=O) groups excluding carboxylic acids is 2. The molecule has 0 aromatic heterocycles. The van der Waals surface area contributed by atoms with Crippen LogP contribution in [0, 0.1) is 5.41 Å². The molecule has 1 fully saturated rings. The fourth-order valence-corrected chi connectivity index (χ4v) is 4.78. The van der Waals surface area contributed by atoms with Crippen molar-refractivity contribution in [2.24, 2.45) is 5.73 Å². The summed E-state index contributed by atoms with van der Waals surface area (Å²) in [7, 11) is 0. The van der Waals surface area contributed by atoms with Gasteiger partial charge in [-0.1, -0.05) is 84.9 Å². The summed E-state index contributed by atoms with van der Waals surface area (Å²) < 4.78 is 0. The van der Waals surface area contributed by atoms with Crippen LogP contribution in [0.2, 0.25) is 0 Å². The molecule has 0 radical (unpaired) electrons. The number of rotatable bonds is 9. The molecule has 4 N–H and O–H groups in total. The highest BCUT2D eigenvalue weighted by molar-refractivity contribution is 5.96. The maximum atomic E-state index is 13.4. The van der Waals surface area contributed by atoms with E-state index >= 15 is 0 Å². The summed E-state index contributed by atoms with van der Waals surface area (Å²) in [5.74, 6) is -0.248. The topological polar surface area (TPSA) is 99.3 Å². The fraction of sp³-hybridized carbons (Fsp3) is 0.300. The molecule has 1 heterocycles. The number of nitrogens with zero attached hydrogens (tertiary/aromatic N) is 1. The summed E-state index contributed by atoms with van der Waals surface area (Å²) in [6, 6.07) is 26.4. The van der Waals surface area contributed by atoms with Gasteiger partial charge < -0.3 is 21.4 Å². The van der Waals surface area contributed by atoms with Crippen molar-refractivity contribution in [3.05, 3.63) is 107 Å². The zero-order chi connectivity index (χ0) is 25.5. The summed E-state index contributed by atoms with van der Waals surface area (Å²) in [5, 5.41) is 10.8. The van der Waals surface area contributed by atoms with Crippen molar-refractivity contribution in [3.63, 3.8) is 0 Å². The molecular formula is C30H34N4O2. The van der Waals surface area contributed by atoms with Crippen LogP contribution in [-0.2, 0) is 22.6 Å². The zero-order valence-electron chi connectivity index (χ0n) is 20.7. The Labute approximate surface area is 213 Å². The molecule has 6 heteroatoms. The molecular weight excluding hydrogens is 448 g/mol. The molecule has 36 heavy (non-hydrogen) atoms. The Balaban J connectivity index is 1.44. The van der Waals surface area contributed by atoms with E-state index in [1.54, 1.807) is 11.8 Å². The summed E-state index contributed by atoms with van der Waals surface area (Å²) in [6.07, 6.45) is 1.81. The van der Waals surface area contributed by atoms with Gasteiger partial charge in [0.25, 0.3) is 0 Å². The normalized spacial score (nSPS) is 18.0. The second-order valence-corrected chi connectivity index (χ2v) is 9.52. The first-order valence-corrected chi connectivity index (χ1v) is 12.5. The molecule has 1 aliphatic rings. The number of amides is 2. The van der Waals surface area contributed by atoms with E-state index < -0.39 is 12.1 Å². The lowest BCUT2D eigenvalue weighted by molar-refractivity contribution is -0.139. The fourth-order valence-electron chi connectivity index (χ4n) is 4.78. The predicted octanol–water partition coefficient (Wildman–Crippen LogP) is 4.04. The minimum absolute atomic E-state index is 0.0853. The highest BCUT2D eigenvalue weighted by Gasteiger charge is 2.41. The maximum absolute atomic E-state index is 13.4.